The molecule has 0 bridgehead atoms. The molecule has 16 heavy (non-hydrogen) atoms. The Morgan fingerprint density at radius 2 is 2.00 bits per heavy atom. The molecule has 88 valence electrons. The molecule has 0 saturated heterocycles. The van der Waals surface area contributed by atoms with Gasteiger partial charge < -0.3 is 0 Å². The Balaban J connectivity index is 3.57. The number of hydrogen-bond acceptors (Lipinski definition) is 4. The van der Waals surface area contributed by atoms with E-state index < -0.39 is 26.7 Å². The van der Waals surface area contributed by atoms with Crippen LogP contribution in [0.2, 0.25) is 0 Å². The van der Waals surface area contributed by atoms with Crippen molar-refractivity contribution >= 4 is 27.4 Å². The van der Waals surface area contributed by atoms with Crippen LogP contribution in [0, 0.1) is 6.92 Å². The third-order valence-electron chi connectivity index (χ3n) is 1.64. The van der Waals surface area contributed by atoms with E-state index >= 15 is 0 Å². The lowest BCUT2D eigenvalue weighted by atomic mass is 10.3. The molecular formula is C7H4F3NO3S2. The van der Waals surface area contributed by atoms with Crippen LogP contribution in [0.4, 0.5) is 13.2 Å². The summed E-state index contributed by atoms with van der Waals surface area (Å²) in [7, 11) is -4.62. The van der Waals surface area contributed by atoms with Gasteiger partial charge in [-0.15, -0.1) is 11.3 Å². The summed E-state index contributed by atoms with van der Waals surface area (Å²) in [6.07, 6.45) is -4.07. The van der Waals surface area contributed by atoms with E-state index in [-0.39, 0.29) is 4.88 Å². The van der Waals surface area contributed by atoms with Gasteiger partial charge in [0.05, 0.1) is 5.56 Å². The molecule has 0 N–H and O–H groups in total. The fraction of sp³-hybridized carbons (Fsp3) is 0.286. The van der Waals surface area contributed by atoms with Crippen molar-refractivity contribution in [2.75, 3.05) is 0 Å². The monoisotopic (exact) mass is 271 g/mol. The van der Waals surface area contributed by atoms with Crippen molar-refractivity contribution in [1.29, 1.82) is 0 Å². The van der Waals surface area contributed by atoms with Gasteiger partial charge in [-0.3, -0.25) is 0 Å². The van der Waals surface area contributed by atoms with E-state index in [1.165, 1.54) is 6.92 Å². The largest absolute Gasteiger partial charge is 0.418 e. The minimum Gasteiger partial charge on any atom is -0.210 e. The smallest absolute Gasteiger partial charge is 0.210 e. The van der Waals surface area contributed by atoms with Gasteiger partial charge in [0.15, 0.2) is 0 Å². The molecule has 9 heteroatoms. The third kappa shape index (κ3) is 2.31. The molecule has 0 aliphatic rings. The molecule has 1 heterocycles. The molecule has 1 aromatic rings. The first-order valence-electron chi connectivity index (χ1n) is 3.69. The second kappa shape index (κ2) is 4.00. The fourth-order valence-corrected chi connectivity index (χ4v) is 3.36. The van der Waals surface area contributed by atoms with Gasteiger partial charge in [0.25, 0.3) is 16.1 Å². The average molecular weight is 271 g/mol. The summed E-state index contributed by atoms with van der Waals surface area (Å²) in [5.41, 5.74) is -1.31. The van der Waals surface area contributed by atoms with E-state index in [0.717, 1.165) is 6.08 Å². The highest BCUT2D eigenvalue weighted by molar-refractivity contribution is 7.90. The molecular weight excluding hydrogens is 267 g/mol. The predicted octanol–water partition coefficient (Wildman–Crippen LogP) is 2.10. The number of hydrogen-bond donors (Lipinski definition) is 0. The van der Waals surface area contributed by atoms with Crippen LogP contribution in [0.5, 0.6) is 0 Å². The summed E-state index contributed by atoms with van der Waals surface area (Å²) in [6.45, 7) is 1.20. The Morgan fingerprint density at radius 1 is 1.44 bits per heavy atom. The first kappa shape index (κ1) is 12.9. The maximum absolute atomic E-state index is 12.4. The maximum atomic E-state index is 12.4. The number of thiophene rings is 1. The Kier molecular flexibility index (Phi) is 3.22. The van der Waals surface area contributed by atoms with E-state index in [0.29, 0.717) is 16.7 Å². The van der Waals surface area contributed by atoms with Crippen LogP contribution in [-0.2, 0) is 21.0 Å². The Hall–Kier alpha value is -1.18. The van der Waals surface area contributed by atoms with Crippen molar-refractivity contribution in [2.24, 2.45) is 4.40 Å². The number of isocyanates is 1. The van der Waals surface area contributed by atoms with Crippen LogP contribution in [0.1, 0.15) is 10.4 Å². The lowest BCUT2D eigenvalue weighted by molar-refractivity contribution is -0.139. The van der Waals surface area contributed by atoms with Crippen LogP contribution in [-0.4, -0.2) is 14.5 Å². The number of alkyl halides is 3. The summed E-state index contributed by atoms with van der Waals surface area (Å²) in [5, 5.41) is 0.669. The number of carbonyl (C=O) groups excluding carboxylic acids is 1. The summed E-state index contributed by atoms with van der Waals surface area (Å²) in [5.74, 6) is 0. The normalized spacial score (nSPS) is 12.2. The third-order valence-corrected chi connectivity index (χ3v) is 4.04. The van der Waals surface area contributed by atoms with Gasteiger partial charge in [0, 0.05) is 10.3 Å². The molecule has 0 aliphatic heterocycles. The van der Waals surface area contributed by atoms with E-state index in [1.54, 1.807) is 0 Å². The molecule has 0 spiro atoms. The molecule has 0 aliphatic carbocycles. The zero-order valence-corrected chi connectivity index (χ0v) is 9.33. The molecule has 0 atom stereocenters. The van der Waals surface area contributed by atoms with E-state index in [9.17, 15) is 26.4 Å². The maximum Gasteiger partial charge on any atom is 0.418 e. The second-order valence-electron chi connectivity index (χ2n) is 2.69. The lowest BCUT2D eigenvalue weighted by Gasteiger charge is -2.06. The van der Waals surface area contributed by atoms with Gasteiger partial charge in [0.2, 0.25) is 0 Å². The van der Waals surface area contributed by atoms with Crippen molar-refractivity contribution in [3.8, 4) is 0 Å². The van der Waals surface area contributed by atoms with E-state index in [4.69, 9.17) is 0 Å². The standard InChI is InChI=1S/C7H4F3NO3S2/c1-4-6(16(13,14)11-3-12)5(2-15-4)7(8,9)10/h2H,1H3. The van der Waals surface area contributed by atoms with Gasteiger partial charge in [-0.05, 0) is 6.92 Å². The van der Waals surface area contributed by atoms with Crippen molar-refractivity contribution in [3.63, 3.8) is 0 Å². The highest BCUT2D eigenvalue weighted by Crippen LogP contribution is 2.39. The van der Waals surface area contributed by atoms with Gasteiger partial charge in [-0.2, -0.15) is 21.6 Å². The van der Waals surface area contributed by atoms with Crippen LogP contribution in [0.25, 0.3) is 0 Å². The molecule has 4 nitrogen and oxygen atoms in total. The minimum absolute atomic E-state index is 0.0775. The zero-order chi connectivity index (χ0) is 12.6. The summed E-state index contributed by atoms with van der Waals surface area (Å²) >= 11 is 0.622. The Labute approximate surface area is 92.5 Å². The first-order chi connectivity index (χ1) is 7.20. The molecule has 0 amide bonds. The number of rotatable bonds is 2. The van der Waals surface area contributed by atoms with Crippen LogP contribution in [0.3, 0.4) is 0 Å². The quantitative estimate of drug-likeness (QED) is 0.611. The lowest BCUT2D eigenvalue weighted by Crippen LogP contribution is -2.10. The van der Waals surface area contributed by atoms with E-state index in [1.807, 2.05) is 0 Å². The van der Waals surface area contributed by atoms with Crippen molar-refractivity contribution in [3.05, 3.63) is 15.8 Å². The Bertz CT molecular complexity index is 552. The highest BCUT2D eigenvalue weighted by Gasteiger charge is 2.39. The average Bonchev–Trinajstić information content (AvgIpc) is 2.46. The summed E-state index contributed by atoms with van der Waals surface area (Å²) in [6, 6.07) is 0. The van der Waals surface area contributed by atoms with Gasteiger partial charge in [0.1, 0.15) is 4.90 Å². The number of aryl methyl sites for hydroxylation is 1. The van der Waals surface area contributed by atoms with Crippen molar-refractivity contribution in [2.45, 2.75) is 18.0 Å². The number of nitrogens with zero attached hydrogens (tertiary/aromatic N) is 1. The SMILES string of the molecule is Cc1scc(C(F)(F)F)c1S(=O)(=O)N=C=O. The number of sulfonamides is 1. The topological polar surface area (TPSA) is 63.6 Å². The van der Waals surface area contributed by atoms with Crippen molar-refractivity contribution < 1.29 is 26.4 Å². The molecule has 1 rings (SSSR count). The zero-order valence-electron chi connectivity index (χ0n) is 7.70. The van der Waals surface area contributed by atoms with Crippen LogP contribution >= 0.6 is 11.3 Å². The highest BCUT2D eigenvalue weighted by atomic mass is 32.2. The Morgan fingerprint density at radius 3 is 2.44 bits per heavy atom. The summed E-state index contributed by atoms with van der Waals surface area (Å²) in [4.78, 5) is 8.78. The molecule has 0 unspecified atom stereocenters. The van der Waals surface area contributed by atoms with Gasteiger partial charge in [-0.25, -0.2) is 4.79 Å². The van der Waals surface area contributed by atoms with Gasteiger partial charge in [-0.1, -0.05) is 4.40 Å². The molecule has 0 saturated carbocycles. The summed E-state index contributed by atoms with van der Waals surface area (Å²) < 4.78 is 62.2. The van der Waals surface area contributed by atoms with Crippen LogP contribution < -0.4 is 0 Å². The fourth-order valence-electron chi connectivity index (χ4n) is 1.05. The molecule has 0 radical (unpaired) electrons. The van der Waals surface area contributed by atoms with Crippen LogP contribution in [0.15, 0.2) is 14.7 Å². The molecule has 0 aromatic carbocycles. The first-order valence-corrected chi connectivity index (χ1v) is 6.01. The predicted molar refractivity (Wildman–Crippen MR) is 49.4 cm³/mol. The van der Waals surface area contributed by atoms with Crippen molar-refractivity contribution in [1.82, 2.24) is 0 Å². The molecule has 0 fully saturated rings. The van der Waals surface area contributed by atoms with E-state index in [2.05, 4.69) is 4.40 Å². The number of halogens is 3. The van der Waals surface area contributed by atoms with Gasteiger partial charge >= 0.3 is 6.18 Å². The second-order valence-corrected chi connectivity index (χ2v) is 5.31. The molecule has 1 aromatic heterocycles. The minimum atomic E-state index is -4.80.